The quantitative estimate of drug-likeness (QED) is 0.834. The Morgan fingerprint density at radius 3 is 2.53 bits per heavy atom. The number of benzene rings is 1. The molecule has 0 radical (unpaired) electrons. The van der Waals surface area contributed by atoms with Crippen LogP contribution in [0.25, 0.3) is 0 Å². The van der Waals surface area contributed by atoms with Crippen LogP contribution >= 0.6 is 0 Å². The Bertz CT molecular complexity index is 451. The number of nitrogens with zero attached hydrogens (tertiary/aromatic N) is 3. The van der Waals surface area contributed by atoms with Crippen LogP contribution in [0.3, 0.4) is 0 Å². The smallest absolute Gasteiger partial charge is 0.0992 e. The van der Waals surface area contributed by atoms with Gasteiger partial charge < -0.3 is 4.90 Å². The standard InChI is InChI=1S/C16H23N3/c1-4-8-19-13(2)11-18(12-14(19)3)16-7-5-6-15(9-16)10-17/h5-7,9,13-14H,4,8,11-12H2,1-3H3. The van der Waals surface area contributed by atoms with E-state index < -0.39 is 0 Å². The second-order valence-corrected chi connectivity index (χ2v) is 5.50. The van der Waals surface area contributed by atoms with Gasteiger partial charge in [-0.15, -0.1) is 0 Å². The van der Waals surface area contributed by atoms with Gasteiger partial charge in [-0.3, -0.25) is 4.90 Å². The van der Waals surface area contributed by atoms with Gasteiger partial charge in [0.2, 0.25) is 0 Å². The van der Waals surface area contributed by atoms with Crippen molar-refractivity contribution in [3.8, 4) is 6.07 Å². The first-order valence-electron chi connectivity index (χ1n) is 7.16. The molecule has 2 rings (SSSR count). The molecule has 3 nitrogen and oxygen atoms in total. The maximum Gasteiger partial charge on any atom is 0.0992 e. The lowest BCUT2D eigenvalue weighted by Crippen LogP contribution is -2.56. The van der Waals surface area contributed by atoms with Crippen molar-refractivity contribution in [1.82, 2.24) is 4.90 Å². The van der Waals surface area contributed by atoms with Crippen LogP contribution in [0.1, 0.15) is 32.8 Å². The average Bonchev–Trinajstić information content (AvgIpc) is 2.42. The summed E-state index contributed by atoms with van der Waals surface area (Å²) >= 11 is 0. The first-order chi connectivity index (χ1) is 9.15. The fourth-order valence-corrected chi connectivity index (χ4v) is 3.04. The first-order valence-corrected chi connectivity index (χ1v) is 7.16. The van der Waals surface area contributed by atoms with Gasteiger partial charge in [-0.05, 0) is 45.0 Å². The van der Waals surface area contributed by atoms with Crippen LogP contribution in [0.5, 0.6) is 0 Å². The number of nitriles is 1. The molecule has 2 unspecified atom stereocenters. The molecule has 1 saturated heterocycles. The predicted molar refractivity (Wildman–Crippen MR) is 79.3 cm³/mol. The van der Waals surface area contributed by atoms with Crippen molar-refractivity contribution in [3.05, 3.63) is 29.8 Å². The van der Waals surface area contributed by atoms with Crippen molar-refractivity contribution < 1.29 is 0 Å². The van der Waals surface area contributed by atoms with E-state index in [0.717, 1.165) is 18.7 Å². The SMILES string of the molecule is CCCN1C(C)CN(c2cccc(C#N)c2)CC1C. The van der Waals surface area contributed by atoms with E-state index in [9.17, 15) is 0 Å². The van der Waals surface area contributed by atoms with Crippen LogP contribution in [0.2, 0.25) is 0 Å². The minimum Gasteiger partial charge on any atom is -0.368 e. The van der Waals surface area contributed by atoms with Crippen molar-refractivity contribution in [2.45, 2.75) is 39.3 Å². The van der Waals surface area contributed by atoms with Gasteiger partial charge in [0.15, 0.2) is 0 Å². The molecule has 19 heavy (non-hydrogen) atoms. The summed E-state index contributed by atoms with van der Waals surface area (Å²) in [4.78, 5) is 4.99. The Hall–Kier alpha value is -1.53. The molecule has 1 fully saturated rings. The molecule has 1 aromatic carbocycles. The summed E-state index contributed by atoms with van der Waals surface area (Å²) in [5.41, 5.74) is 1.92. The Morgan fingerprint density at radius 2 is 1.95 bits per heavy atom. The maximum atomic E-state index is 9.00. The summed E-state index contributed by atoms with van der Waals surface area (Å²) in [5, 5.41) is 9.00. The molecule has 3 heteroatoms. The van der Waals surface area contributed by atoms with Gasteiger partial charge in [-0.1, -0.05) is 13.0 Å². The minimum atomic E-state index is 0.564. The minimum absolute atomic E-state index is 0.564. The van der Waals surface area contributed by atoms with E-state index in [-0.39, 0.29) is 0 Å². The topological polar surface area (TPSA) is 30.3 Å². The molecule has 2 atom stereocenters. The molecule has 0 aliphatic carbocycles. The van der Waals surface area contributed by atoms with E-state index in [1.807, 2.05) is 18.2 Å². The highest BCUT2D eigenvalue weighted by molar-refractivity contribution is 5.52. The number of rotatable bonds is 3. The molecule has 1 heterocycles. The van der Waals surface area contributed by atoms with Gasteiger partial charge in [0.25, 0.3) is 0 Å². The summed E-state index contributed by atoms with van der Waals surface area (Å²) < 4.78 is 0. The lowest BCUT2D eigenvalue weighted by Gasteiger charge is -2.45. The van der Waals surface area contributed by atoms with Crippen LogP contribution in [0, 0.1) is 11.3 Å². The summed E-state index contributed by atoms with van der Waals surface area (Å²) in [7, 11) is 0. The van der Waals surface area contributed by atoms with E-state index in [0.29, 0.717) is 12.1 Å². The third kappa shape index (κ3) is 3.08. The maximum absolute atomic E-state index is 9.00. The first kappa shape index (κ1) is 13.9. The molecule has 1 aliphatic rings. The van der Waals surface area contributed by atoms with Gasteiger partial charge in [0.1, 0.15) is 0 Å². The van der Waals surface area contributed by atoms with Gasteiger partial charge >= 0.3 is 0 Å². The van der Waals surface area contributed by atoms with Crippen LogP contribution in [0.15, 0.2) is 24.3 Å². The highest BCUT2D eigenvalue weighted by Gasteiger charge is 2.28. The van der Waals surface area contributed by atoms with E-state index in [1.54, 1.807) is 0 Å². The van der Waals surface area contributed by atoms with Crippen molar-refractivity contribution in [2.24, 2.45) is 0 Å². The zero-order valence-electron chi connectivity index (χ0n) is 12.1. The second-order valence-electron chi connectivity index (χ2n) is 5.50. The number of piperazine rings is 1. The lowest BCUT2D eigenvalue weighted by molar-refractivity contribution is 0.132. The average molecular weight is 257 g/mol. The second kappa shape index (κ2) is 6.08. The zero-order chi connectivity index (χ0) is 13.8. The molecule has 0 aromatic heterocycles. The normalized spacial score (nSPS) is 24.2. The van der Waals surface area contributed by atoms with Crippen LogP contribution in [-0.4, -0.2) is 36.6 Å². The third-order valence-electron chi connectivity index (χ3n) is 3.92. The van der Waals surface area contributed by atoms with Crippen molar-refractivity contribution in [3.63, 3.8) is 0 Å². The van der Waals surface area contributed by atoms with Crippen LogP contribution in [-0.2, 0) is 0 Å². The predicted octanol–water partition coefficient (Wildman–Crippen LogP) is 2.87. The van der Waals surface area contributed by atoms with Crippen molar-refractivity contribution in [2.75, 3.05) is 24.5 Å². The Morgan fingerprint density at radius 1 is 1.26 bits per heavy atom. The number of hydrogen-bond acceptors (Lipinski definition) is 3. The summed E-state index contributed by atoms with van der Waals surface area (Å²) in [5.74, 6) is 0. The Kier molecular flexibility index (Phi) is 4.44. The van der Waals surface area contributed by atoms with Crippen LogP contribution in [0.4, 0.5) is 5.69 Å². The lowest BCUT2D eigenvalue weighted by atomic mass is 10.1. The summed E-state index contributed by atoms with van der Waals surface area (Å²) in [6.45, 7) is 10.1. The highest BCUT2D eigenvalue weighted by atomic mass is 15.3. The van der Waals surface area contributed by atoms with Crippen molar-refractivity contribution in [1.29, 1.82) is 5.26 Å². The van der Waals surface area contributed by atoms with Crippen molar-refractivity contribution >= 4 is 5.69 Å². The van der Waals surface area contributed by atoms with Gasteiger partial charge in [-0.25, -0.2) is 0 Å². The molecule has 0 N–H and O–H groups in total. The Labute approximate surface area is 116 Å². The van der Waals surface area contributed by atoms with Gasteiger partial charge in [0, 0.05) is 30.9 Å². The summed E-state index contributed by atoms with van der Waals surface area (Å²) in [6.07, 6.45) is 1.21. The van der Waals surface area contributed by atoms with E-state index >= 15 is 0 Å². The highest BCUT2D eigenvalue weighted by Crippen LogP contribution is 2.23. The number of hydrogen-bond donors (Lipinski definition) is 0. The molecule has 0 saturated carbocycles. The molecular formula is C16H23N3. The fourth-order valence-electron chi connectivity index (χ4n) is 3.04. The van der Waals surface area contributed by atoms with Gasteiger partial charge in [0.05, 0.1) is 11.6 Å². The fraction of sp³-hybridized carbons (Fsp3) is 0.562. The van der Waals surface area contributed by atoms with E-state index in [4.69, 9.17) is 5.26 Å². The van der Waals surface area contributed by atoms with Gasteiger partial charge in [-0.2, -0.15) is 5.26 Å². The molecule has 1 aliphatic heterocycles. The molecule has 0 spiro atoms. The zero-order valence-corrected chi connectivity index (χ0v) is 12.1. The van der Waals surface area contributed by atoms with E-state index in [2.05, 4.69) is 42.7 Å². The van der Waals surface area contributed by atoms with Crippen LogP contribution < -0.4 is 4.90 Å². The molecule has 0 bridgehead atoms. The monoisotopic (exact) mass is 257 g/mol. The largest absolute Gasteiger partial charge is 0.368 e. The molecule has 0 amide bonds. The van der Waals surface area contributed by atoms with E-state index in [1.165, 1.54) is 18.7 Å². The third-order valence-corrected chi connectivity index (χ3v) is 3.92. The molecular weight excluding hydrogens is 234 g/mol. The Balaban J connectivity index is 2.13. The molecule has 102 valence electrons. The molecule has 1 aromatic rings. The number of anilines is 1. The summed E-state index contributed by atoms with van der Waals surface area (Å²) in [6, 6.07) is 11.3.